The molecule has 2 aromatic carbocycles. The predicted molar refractivity (Wildman–Crippen MR) is 88.6 cm³/mol. The Morgan fingerprint density at radius 1 is 1.22 bits per heavy atom. The van der Waals surface area contributed by atoms with Gasteiger partial charge in [0.05, 0.1) is 12.1 Å². The zero-order chi connectivity index (χ0) is 16.4. The van der Waals surface area contributed by atoms with E-state index in [2.05, 4.69) is 25.9 Å². The van der Waals surface area contributed by atoms with Crippen molar-refractivity contribution in [1.82, 2.24) is 9.97 Å². The zero-order valence-electron chi connectivity index (χ0n) is 12.2. The first kappa shape index (κ1) is 15.6. The van der Waals surface area contributed by atoms with Crippen LogP contribution in [-0.4, -0.2) is 22.5 Å². The lowest BCUT2D eigenvalue weighted by Crippen LogP contribution is -2.10. The second-order valence-corrected chi connectivity index (χ2v) is 5.70. The number of hydrogen-bond acceptors (Lipinski definition) is 4. The molecule has 0 saturated carbocycles. The first-order valence-corrected chi connectivity index (χ1v) is 7.78. The van der Waals surface area contributed by atoms with Gasteiger partial charge in [-0.05, 0) is 31.2 Å². The van der Waals surface area contributed by atoms with E-state index in [1.165, 1.54) is 18.2 Å². The maximum absolute atomic E-state index is 13.5. The van der Waals surface area contributed by atoms with Gasteiger partial charge in [0, 0.05) is 21.5 Å². The second-order valence-electron chi connectivity index (χ2n) is 4.79. The number of hydrogen-bond donors (Lipinski definition) is 0. The van der Waals surface area contributed by atoms with E-state index in [0.717, 1.165) is 10.0 Å². The van der Waals surface area contributed by atoms with Crippen molar-refractivity contribution in [3.63, 3.8) is 0 Å². The Morgan fingerprint density at radius 2 is 2.04 bits per heavy atom. The molecular formula is C17H12BrFN2O2. The van der Waals surface area contributed by atoms with Crippen LogP contribution in [0.1, 0.15) is 17.4 Å². The maximum atomic E-state index is 13.5. The van der Waals surface area contributed by atoms with E-state index in [1.807, 2.05) is 24.3 Å². The van der Waals surface area contributed by atoms with Gasteiger partial charge >= 0.3 is 5.97 Å². The van der Waals surface area contributed by atoms with Crippen molar-refractivity contribution in [2.75, 3.05) is 6.61 Å². The Kier molecular flexibility index (Phi) is 4.34. The highest BCUT2D eigenvalue weighted by Crippen LogP contribution is 2.25. The van der Waals surface area contributed by atoms with E-state index in [9.17, 15) is 9.18 Å². The summed E-state index contributed by atoms with van der Waals surface area (Å²) in [5, 5.41) is 0.462. The van der Waals surface area contributed by atoms with Crippen LogP contribution in [0, 0.1) is 5.82 Å². The third kappa shape index (κ3) is 3.22. The highest BCUT2D eigenvalue weighted by molar-refractivity contribution is 9.10. The lowest BCUT2D eigenvalue weighted by Gasteiger charge is -2.08. The number of esters is 1. The van der Waals surface area contributed by atoms with Gasteiger partial charge in [-0.2, -0.15) is 0 Å². The third-order valence-electron chi connectivity index (χ3n) is 3.21. The first-order chi connectivity index (χ1) is 11.1. The number of aromatic nitrogens is 2. The molecule has 0 fully saturated rings. The van der Waals surface area contributed by atoms with Crippen LogP contribution in [0.4, 0.5) is 4.39 Å². The summed E-state index contributed by atoms with van der Waals surface area (Å²) in [5.74, 6) is -0.638. The number of nitrogens with zero attached hydrogens (tertiary/aromatic N) is 2. The number of halogens is 2. The van der Waals surface area contributed by atoms with E-state index in [0.29, 0.717) is 16.7 Å². The topological polar surface area (TPSA) is 52.1 Å². The molecule has 0 atom stereocenters. The molecule has 4 nitrogen and oxygen atoms in total. The molecule has 3 rings (SSSR count). The fourth-order valence-corrected chi connectivity index (χ4v) is 2.61. The van der Waals surface area contributed by atoms with Crippen molar-refractivity contribution in [1.29, 1.82) is 0 Å². The minimum Gasteiger partial charge on any atom is -0.461 e. The summed E-state index contributed by atoms with van der Waals surface area (Å²) < 4.78 is 19.4. The maximum Gasteiger partial charge on any atom is 0.357 e. The summed E-state index contributed by atoms with van der Waals surface area (Å²) in [6, 6.07) is 11.4. The van der Waals surface area contributed by atoms with Gasteiger partial charge in [0.15, 0.2) is 11.5 Å². The van der Waals surface area contributed by atoms with E-state index >= 15 is 0 Å². The van der Waals surface area contributed by atoms with Crippen molar-refractivity contribution < 1.29 is 13.9 Å². The zero-order valence-corrected chi connectivity index (χ0v) is 13.8. The van der Waals surface area contributed by atoms with Gasteiger partial charge in [0.25, 0.3) is 0 Å². The SMILES string of the molecule is CCOC(=O)c1nc(-c2cccc(Br)c2)nc2cc(F)ccc12. The molecule has 0 aliphatic rings. The van der Waals surface area contributed by atoms with Gasteiger partial charge in [0.1, 0.15) is 5.82 Å². The quantitative estimate of drug-likeness (QED) is 0.638. The van der Waals surface area contributed by atoms with E-state index < -0.39 is 11.8 Å². The van der Waals surface area contributed by atoms with Crippen molar-refractivity contribution in [2.45, 2.75) is 6.92 Å². The largest absolute Gasteiger partial charge is 0.461 e. The Balaban J connectivity index is 2.25. The van der Waals surface area contributed by atoms with Crippen molar-refractivity contribution in [3.05, 3.63) is 58.4 Å². The molecule has 0 aliphatic heterocycles. The molecule has 1 aromatic heterocycles. The van der Waals surface area contributed by atoms with Crippen molar-refractivity contribution in [2.24, 2.45) is 0 Å². The summed E-state index contributed by atoms with van der Waals surface area (Å²) in [6.07, 6.45) is 0. The highest BCUT2D eigenvalue weighted by Gasteiger charge is 2.17. The summed E-state index contributed by atoms with van der Waals surface area (Å²) in [7, 11) is 0. The fourth-order valence-electron chi connectivity index (χ4n) is 2.21. The van der Waals surface area contributed by atoms with E-state index in [4.69, 9.17) is 4.74 Å². The molecular weight excluding hydrogens is 363 g/mol. The number of carbonyl (C=O) groups is 1. The summed E-state index contributed by atoms with van der Waals surface area (Å²) in [5.41, 5.74) is 1.21. The number of benzene rings is 2. The smallest absolute Gasteiger partial charge is 0.357 e. The highest BCUT2D eigenvalue weighted by atomic mass is 79.9. The van der Waals surface area contributed by atoms with Crippen LogP contribution >= 0.6 is 15.9 Å². The minimum absolute atomic E-state index is 0.131. The monoisotopic (exact) mass is 374 g/mol. The summed E-state index contributed by atoms with van der Waals surface area (Å²) in [4.78, 5) is 20.9. The summed E-state index contributed by atoms with van der Waals surface area (Å²) >= 11 is 3.39. The normalized spacial score (nSPS) is 10.7. The van der Waals surface area contributed by atoms with Crippen molar-refractivity contribution in [3.8, 4) is 11.4 Å². The molecule has 0 amide bonds. The minimum atomic E-state index is -0.553. The van der Waals surface area contributed by atoms with E-state index in [-0.39, 0.29) is 12.3 Å². The first-order valence-electron chi connectivity index (χ1n) is 6.99. The third-order valence-corrected chi connectivity index (χ3v) is 3.70. The van der Waals surface area contributed by atoms with Gasteiger partial charge in [-0.15, -0.1) is 0 Å². The molecule has 0 N–H and O–H groups in total. The molecule has 23 heavy (non-hydrogen) atoms. The standard InChI is InChI=1S/C17H12BrFN2O2/c1-2-23-17(22)15-13-7-6-12(19)9-14(13)20-16(21-15)10-4-3-5-11(18)8-10/h3-9H,2H2,1H3. The Morgan fingerprint density at radius 3 is 2.78 bits per heavy atom. The van der Waals surface area contributed by atoms with Gasteiger partial charge in [-0.1, -0.05) is 28.1 Å². The van der Waals surface area contributed by atoms with Gasteiger partial charge < -0.3 is 4.74 Å². The van der Waals surface area contributed by atoms with Crippen LogP contribution in [-0.2, 0) is 4.74 Å². The van der Waals surface area contributed by atoms with Gasteiger partial charge in [-0.25, -0.2) is 19.2 Å². The van der Waals surface area contributed by atoms with Crippen LogP contribution < -0.4 is 0 Å². The molecule has 0 bridgehead atoms. The summed E-state index contributed by atoms with van der Waals surface area (Å²) in [6.45, 7) is 1.95. The molecule has 0 unspecified atom stereocenters. The molecule has 6 heteroatoms. The lowest BCUT2D eigenvalue weighted by atomic mass is 10.1. The Labute approximate surface area is 140 Å². The second kappa shape index (κ2) is 6.42. The molecule has 0 spiro atoms. The Bertz CT molecular complexity index is 899. The lowest BCUT2D eigenvalue weighted by molar-refractivity contribution is 0.0522. The number of carbonyl (C=O) groups excluding carboxylic acids is 1. The van der Waals surface area contributed by atoms with Crippen LogP contribution in [0.15, 0.2) is 46.9 Å². The van der Waals surface area contributed by atoms with E-state index in [1.54, 1.807) is 6.92 Å². The average molecular weight is 375 g/mol. The van der Waals surface area contributed by atoms with Crippen LogP contribution in [0.2, 0.25) is 0 Å². The van der Waals surface area contributed by atoms with Crippen molar-refractivity contribution >= 4 is 32.8 Å². The number of rotatable bonds is 3. The Hall–Kier alpha value is -2.34. The van der Waals surface area contributed by atoms with Gasteiger partial charge in [0.2, 0.25) is 0 Å². The average Bonchev–Trinajstić information content (AvgIpc) is 2.53. The van der Waals surface area contributed by atoms with Crippen LogP contribution in [0.3, 0.4) is 0 Å². The van der Waals surface area contributed by atoms with Crippen LogP contribution in [0.5, 0.6) is 0 Å². The molecule has 1 heterocycles. The molecule has 3 aromatic rings. The molecule has 0 saturated heterocycles. The molecule has 116 valence electrons. The molecule has 0 aliphatic carbocycles. The van der Waals surface area contributed by atoms with Crippen LogP contribution in [0.25, 0.3) is 22.3 Å². The number of fused-ring (bicyclic) bond motifs is 1. The predicted octanol–water partition coefficient (Wildman–Crippen LogP) is 4.38. The number of ether oxygens (including phenoxy) is 1. The molecule has 0 radical (unpaired) electrons. The fraction of sp³-hybridized carbons (Fsp3) is 0.118. The van der Waals surface area contributed by atoms with Gasteiger partial charge in [-0.3, -0.25) is 0 Å².